The Bertz CT molecular complexity index is 265. The lowest BCUT2D eigenvalue weighted by molar-refractivity contribution is -0.137. The van der Waals surface area contributed by atoms with Gasteiger partial charge in [-0.3, -0.25) is 14.5 Å². The van der Waals surface area contributed by atoms with Gasteiger partial charge < -0.3 is 9.47 Å². The lowest BCUT2D eigenvalue weighted by Gasteiger charge is -2.12. The molecule has 0 aromatic rings. The maximum Gasteiger partial charge on any atom is 0.253 e. The van der Waals surface area contributed by atoms with E-state index in [1.54, 1.807) is 0 Å². The quantitative estimate of drug-likeness (QED) is 0.333. The van der Waals surface area contributed by atoms with E-state index in [-0.39, 0.29) is 17.9 Å². The molecule has 0 aliphatic carbocycles. The lowest BCUT2D eigenvalue weighted by Crippen LogP contribution is -2.33. The molecule has 2 heterocycles. The van der Waals surface area contributed by atoms with Crippen molar-refractivity contribution in [3.05, 3.63) is 12.2 Å². The van der Waals surface area contributed by atoms with Crippen LogP contribution in [-0.2, 0) is 19.1 Å². The minimum Gasteiger partial charge on any atom is -0.377 e. The summed E-state index contributed by atoms with van der Waals surface area (Å²) in [7, 11) is 0. The summed E-state index contributed by atoms with van der Waals surface area (Å²) in [5.41, 5.74) is 0. The van der Waals surface area contributed by atoms with Gasteiger partial charge in [-0.05, 0) is 0 Å². The first-order valence-electron chi connectivity index (χ1n) is 4.50. The molecule has 5 nitrogen and oxygen atoms in total. The van der Waals surface area contributed by atoms with E-state index < -0.39 is 0 Å². The van der Waals surface area contributed by atoms with Crippen molar-refractivity contribution in [2.24, 2.45) is 0 Å². The molecule has 0 aromatic carbocycles. The second-order valence-corrected chi connectivity index (χ2v) is 3.19. The molecule has 0 aromatic heterocycles. The third kappa shape index (κ3) is 2.18. The summed E-state index contributed by atoms with van der Waals surface area (Å²) >= 11 is 0. The molecule has 76 valence electrons. The fraction of sp³-hybridized carbons (Fsp3) is 0.556. The van der Waals surface area contributed by atoms with Crippen molar-refractivity contribution in [3.63, 3.8) is 0 Å². The smallest absolute Gasteiger partial charge is 0.253 e. The van der Waals surface area contributed by atoms with Gasteiger partial charge in [-0.2, -0.15) is 0 Å². The molecule has 0 bridgehead atoms. The zero-order valence-electron chi connectivity index (χ0n) is 7.64. The predicted octanol–water partition coefficient (Wildman–Crippen LogP) is -0.673. The number of amides is 2. The summed E-state index contributed by atoms with van der Waals surface area (Å²) in [5, 5.41) is 0. The first-order valence-corrected chi connectivity index (χ1v) is 4.50. The molecule has 2 amide bonds. The van der Waals surface area contributed by atoms with Crippen molar-refractivity contribution in [1.29, 1.82) is 0 Å². The molecule has 1 atom stereocenters. The minimum absolute atomic E-state index is 0.220. The summed E-state index contributed by atoms with van der Waals surface area (Å²) in [6.07, 6.45) is 2.76. The van der Waals surface area contributed by atoms with Crippen LogP contribution >= 0.6 is 0 Å². The lowest BCUT2D eigenvalue weighted by atomic mass is 10.5. The van der Waals surface area contributed by atoms with Gasteiger partial charge in [-0.1, -0.05) is 0 Å². The van der Waals surface area contributed by atoms with Gasteiger partial charge in [0.2, 0.25) is 0 Å². The van der Waals surface area contributed by atoms with Gasteiger partial charge in [0.1, 0.15) is 6.10 Å². The van der Waals surface area contributed by atoms with Gasteiger partial charge in [-0.15, -0.1) is 0 Å². The fourth-order valence-electron chi connectivity index (χ4n) is 1.19. The molecular weight excluding hydrogens is 186 g/mol. The molecule has 1 unspecified atom stereocenters. The number of hydrogen-bond acceptors (Lipinski definition) is 4. The van der Waals surface area contributed by atoms with Crippen LogP contribution in [0.5, 0.6) is 0 Å². The maximum atomic E-state index is 11.1. The molecule has 0 radical (unpaired) electrons. The molecule has 2 aliphatic rings. The number of carbonyl (C=O) groups excluding carboxylic acids is 2. The van der Waals surface area contributed by atoms with Crippen LogP contribution in [0, 0.1) is 0 Å². The van der Waals surface area contributed by atoms with Crippen molar-refractivity contribution in [2.45, 2.75) is 6.10 Å². The van der Waals surface area contributed by atoms with Crippen LogP contribution in [0.2, 0.25) is 0 Å². The number of carbonyl (C=O) groups is 2. The topological polar surface area (TPSA) is 59.1 Å². The highest BCUT2D eigenvalue weighted by Gasteiger charge is 2.24. The van der Waals surface area contributed by atoms with E-state index in [0.29, 0.717) is 19.8 Å². The first-order chi connectivity index (χ1) is 6.77. The predicted molar refractivity (Wildman–Crippen MR) is 46.4 cm³/mol. The van der Waals surface area contributed by atoms with Crippen molar-refractivity contribution >= 4 is 11.8 Å². The molecule has 14 heavy (non-hydrogen) atoms. The van der Waals surface area contributed by atoms with Crippen molar-refractivity contribution < 1.29 is 19.1 Å². The molecule has 2 aliphatic heterocycles. The van der Waals surface area contributed by atoms with E-state index >= 15 is 0 Å². The van der Waals surface area contributed by atoms with E-state index in [9.17, 15) is 9.59 Å². The molecule has 1 fully saturated rings. The summed E-state index contributed by atoms with van der Waals surface area (Å²) in [6.45, 7) is 1.99. The Hall–Kier alpha value is -1.20. The molecule has 0 saturated carbocycles. The minimum atomic E-state index is -0.263. The van der Waals surface area contributed by atoms with Crippen LogP contribution in [0.3, 0.4) is 0 Å². The first kappa shape index (κ1) is 9.36. The van der Waals surface area contributed by atoms with E-state index in [2.05, 4.69) is 0 Å². The van der Waals surface area contributed by atoms with E-state index in [1.807, 2.05) is 0 Å². The number of hydrogen-bond donors (Lipinski definition) is 0. The average Bonchev–Trinajstić information content (AvgIpc) is 2.93. The van der Waals surface area contributed by atoms with Crippen LogP contribution < -0.4 is 0 Å². The fourth-order valence-corrected chi connectivity index (χ4v) is 1.19. The molecule has 0 spiro atoms. The number of rotatable bonds is 5. The van der Waals surface area contributed by atoms with Crippen LogP contribution in [0.4, 0.5) is 0 Å². The van der Waals surface area contributed by atoms with Gasteiger partial charge >= 0.3 is 0 Å². The van der Waals surface area contributed by atoms with Gasteiger partial charge in [-0.25, -0.2) is 0 Å². The number of epoxide rings is 1. The van der Waals surface area contributed by atoms with Gasteiger partial charge in [0.25, 0.3) is 11.8 Å². The number of ether oxygens (including phenoxy) is 2. The van der Waals surface area contributed by atoms with Crippen LogP contribution in [0.1, 0.15) is 0 Å². The molecule has 5 heteroatoms. The highest BCUT2D eigenvalue weighted by Crippen LogP contribution is 2.08. The maximum absolute atomic E-state index is 11.1. The number of imide groups is 1. The Labute approximate surface area is 81.3 Å². The molecule has 1 saturated heterocycles. The normalized spacial score (nSPS) is 24.9. The van der Waals surface area contributed by atoms with Gasteiger partial charge in [0, 0.05) is 12.2 Å². The largest absolute Gasteiger partial charge is 0.377 e. The Morgan fingerprint density at radius 2 is 2.07 bits per heavy atom. The zero-order chi connectivity index (χ0) is 9.97. The van der Waals surface area contributed by atoms with E-state index in [4.69, 9.17) is 9.47 Å². The third-order valence-corrected chi connectivity index (χ3v) is 2.07. The summed E-state index contributed by atoms with van der Waals surface area (Å²) in [5.74, 6) is -0.525. The monoisotopic (exact) mass is 197 g/mol. The van der Waals surface area contributed by atoms with E-state index in [1.165, 1.54) is 12.2 Å². The second kappa shape index (κ2) is 3.89. The molecular formula is C9H11NO4. The second-order valence-electron chi connectivity index (χ2n) is 3.19. The van der Waals surface area contributed by atoms with Crippen LogP contribution in [0.25, 0.3) is 0 Å². The summed E-state index contributed by atoms with van der Waals surface area (Å²) in [4.78, 5) is 23.3. The van der Waals surface area contributed by atoms with Crippen molar-refractivity contribution in [2.75, 3.05) is 26.4 Å². The Kier molecular flexibility index (Phi) is 2.60. The highest BCUT2D eigenvalue weighted by molar-refractivity contribution is 6.12. The number of nitrogens with zero attached hydrogens (tertiary/aromatic N) is 1. The average molecular weight is 197 g/mol. The van der Waals surface area contributed by atoms with Crippen LogP contribution in [-0.4, -0.2) is 49.2 Å². The van der Waals surface area contributed by atoms with Gasteiger partial charge in [0.05, 0.1) is 26.4 Å². The Balaban J connectivity index is 1.64. The molecule has 0 N–H and O–H groups in total. The SMILES string of the molecule is O=C1C=CC(=O)N1CCOCC1CO1. The van der Waals surface area contributed by atoms with Crippen molar-refractivity contribution in [1.82, 2.24) is 4.90 Å². The standard InChI is InChI=1S/C9H11NO4/c11-8-1-2-9(12)10(8)3-4-13-5-7-6-14-7/h1-2,7H,3-6H2. The highest BCUT2D eigenvalue weighted by atomic mass is 16.6. The zero-order valence-corrected chi connectivity index (χ0v) is 7.64. The summed E-state index contributed by atoms with van der Waals surface area (Å²) < 4.78 is 10.2. The van der Waals surface area contributed by atoms with Crippen LogP contribution in [0.15, 0.2) is 12.2 Å². The Morgan fingerprint density at radius 1 is 1.43 bits per heavy atom. The van der Waals surface area contributed by atoms with Gasteiger partial charge in [0.15, 0.2) is 0 Å². The van der Waals surface area contributed by atoms with Crippen molar-refractivity contribution in [3.8, 4) is 0 Å². The third-order valence-electron chi connectivity index (χ3n) is 2.07. The van der Waals surface area contributed by atoms with E-state index in [0.717, 1.165) is 11.5 Å². The Morgan fingerprint density at radius 3 is 2.64 bits per heavy atom. The summed E-state index contributed by atoms with van der Waals surface area (Å²) in [6, 6.07) is 0. The molecule has 2 rings (SSSR count).